The molecular formula is C17H13ClF3N5O2. The molecule has 28 heavy (non-hydrogen) atoms. The lowest BCUT2D eigenvalue weighted by Crippen LogP contribution is -2.24. The zero-order valence-corrected chi connectivity index (χ0v) is 15.1. The van der Waals surface area contributed by atoms with Crippen molar-refractivity contribution in [3.05, 3.63) is 75.2 Å². The summed E-state index contributed by atoms with van der Waals surface area (Å²) < 4.78 is 41.9. The molecule has 0 aliphatic rings. The second kappa shape index (κ2) is 7.85. The number of aryl methyl sites for hydroxylation is 1. The summed E-state index contributed by atoms with van der Waals surface area (Å²) in [6, 6.07) is 11.7. The quantitative estimate of drug-likeness (QED) is 0.477. The minimum atomic E-state index is -4.72. The minimum absolute atomic E-state index is 0.139. The number of rotatable bonds is 5. The summed E-state index contributed by atoms with van der Waals surface area (Å²) in [5.41, 5.74) is -1.40. The largest absolute Gasteiger partial charge is 0.437 e. The maximum absolute atomic E-state index is 13.3. The Morgan fingerprint density at radius 1 is 1.14 bits per heavy atom. The highest BCUT2D eigenvalue weighted by Gasteiger charge is 2.37. The molecule has 7 nitrogen and oxygen atoms in total. The smallest absolute Gasteiger partial charge is 0.390 e. The normalized spacial score (nSPS) is 12.2. The van der Waals surface area contributed by atoms with Gasteiger partial charge in [0.25, 0.3) is 0 Å². The number of aromatic nitrogens is 4. The molecule has 0 atom stereocenters. The van der Waals surface area contributed by atoms with Gasteiger partial charge in [0.05, 0.1) is 5.69 Å². The van der Waals surface area contributed by atoms with Crippen molar-refractivity contribution < 1.29 is 18.0 Å². The van der Waals surface area contributed by atoms with Gasteiger partial charge >= 0.3 is 11.9 Å². The number of alkyl halides is 3. The summed E-state index contributed by atoms with van der Waals surface area (Å²) in [5, 5.41) is 10.8. The number of halogens is 4. The first-order chi connectivity index (χ1) is 13.3. The molecule has 0 saturated carbocycles. The van der Waals surface area contributed by atoms with Crippen LogP contribution in [0, 0.1) is 0 Å². The molecule has 3 rings (SSSR count). The minimum Gasteiger partial charge on any atom is -0.390 e. The molecule has 1 aromatic heterocycles. The van der Waals surface area contributed by atoms with Crippen LogP contribution < -0.4 is 5.69 Å². The molecule has 11 heteroatoms. The van der Waals surface area contributed by atoms with E-state index in [0.717, 1.165) is 9.36 Å². The Hall–Kier alpha value is -3.14. The Morgan fingerprint density at radius 3 is 2.46 bits per heavy atom. The van der Waals surface area contributed by atoms with Gasteiger partial charge in [0.15, 0.2) is 5.71 Å². The van der Waals surface area contributed by atoms with E-state index in [-0.39, 0.29) is 21.8 Å². The van der Waals surface area contributed by atoms with Crippen molar-refractivity contribution in [3.8, 4) is 5.69 Å². The molecule has 0 bridgehead atoms. The lowest BCUT2D eigenvalue weighted by molar-refractivity contribution is -0.0618. The second-order valence-electron chi connectivity index (χ2n) is 5.61. The monoisotopic (exact) mass is 411 g/mol. The van der Waals surface area contributed by atoms with Gasteiger partial charge in [0.1, 0.15) is 6.61 Å². The first kappa shape index (κ1) is 19.6. The maximum atomic E-state index is 13.3. The van der Waals surface area contributed by atoms with Gasteiger partial charge in [0.2, 0.25) is 0 Å². The summed E-state index contributed by atoms with van der Waals surface area (Å²) in [5.74, 6) is 0. The SMILES string of the molecule is Cn1nnn(-c2cccc(Cl)c2CON=C(c2ccccc2)C(F)(F)F)c1=O. The Balaban J connectivity index is 1.93. The van der Waals surface area contributed by atoms with Crippen LogP contribution in [0.15, 0.2) is 58.5 Å². The Morgan fingerprint density at radius 2 is 1.86 bits per heavy atom. The first-order valence-electron chi connectivity index (χ1n) is 7.88. The topological polar surface area (TPSA) is 74.3 Å². The Labute approximate surface area is 161 Å². The van der Waals surface area contributed by atoms with Gasteiger partial charge in [-0.25, -0.2) is 4.79 Å². The molecule has 146 valence electrons. The van der Waals surface area contributed by atoms with Crippen LogP contribution in [0.25, 0.3) is 5.69 Å². The highest BCUT2D eigenvalue weighted by molar-refractivity contribution is 6.31. The summed E-state index contributed by atoms with van der Waals surface area (Å²) in [6.07, 6.45) is -4.72. The van der Waals surface area contributed by atoms with Crippen molar-refractivity contribution in [2.24, 2.45) is 12.2 Å². The zero-order chi connectivity index (χ0) is 20.3. The van der Waals surface area contributed by atoms with Crippen LogP contribution in [-0.2, 0) is 18.5 Å². The van der Waals surface area contributed by atoms with Crippen LogP contribution >= 0.6 is 11.6 Å². The molecule has 2 aromatic carbocycles. The van der Waals surface area contributed by atoms with E-state index in [0.29, 0.717) is 0 Å². The second-order valence-corrected chi connectivity index (χ2v) is 6.02. The van der Waals surface area contributed by atoms with E-state index < -0.39 is 24.2 Å². The molecule has 0 fully saturated rings. The highest BCUT2D eigenvalue weighted by Crippen LogP contribution is 2.25. The molecular weight excluding hydrogens is 399 g/mol. The molecule has 0 spiro atoms. The standard InChI is InChI=1S/C17H13ClF3N5O2/c1-25-16(27)26(24-23-25)14-9-5-8-13(18)12(14)10-28-22-15(17(19,20)21)11-6-3-2-4-7-11/h2-9H,10H2,1H3. The van der Waals surface area contributed by atoms with Gasteiger partial charge in [0, 0.05) is 23.2 Å². The first-order valence-corrected chi connectivity index (χ1v) is 8.26. The van der Waals surface area contributed by atoms with E-state index in [2.05, 4.69) is 15.6 Å². The van der Waals surface area contributed by atoms with Crippen molar-refractivity contribution in [1.29, 1.82) is 0 Å². The number of nitrogens with zero attached hydrogens (tertiary/aromatic N) is 5. The van der Waals surface area contributed by atoms with E-state index in [1.807, 2.05) is 0 Å². The molecule has 0 radical (unpaired) electrons. The van der Waals surface area contributed by atoms with Crippen molar-refractivity contribution in [1.82, 2.24) is 19.8 Å². The van der Waals surface area contributed by atoms with Gasteiger partial charge < -0.3 is 4.84 Å². The highest BCUT2D eigenvalue weighted by atomic mass is 35.5. The van der Waals surface area contributed by atoms with Gasteiger partial charge in [-0.3, -0.25) is 0 Å². The van der Waals surface area contributed by atoms with Crippen molar-refractivity contribution >= 4 is 17.3 Å². The van der Waals surface area contributed by atoms with E-state index in [1.165, 1.54) is 43.4 Å². The number of benzene rings is 2. The summed E-state index contributed by atoms with van der Waals surface area (Å²) in [7, 11) is 1.41. The number of hydrogen-bond donors (Lipinski definition) is 0. The van der Waals surface area contributed by atoms with Gasteiger partial charge in [-0.05, 0) is 22.6 Å². The van der Waals surface area contributed by atoms with Crippen LogP contribution in [0.1, 0.15) is 11.1 Å². The van der Waals surface area contributed by atoms with E-state index in [9.17, 15) is 18.0 Å². The van der Waals surface area contributed by atoms with Crippen LogP contribution in [0.2, 0.25) is 5.02 Å². The van der Waals surface area contributed by atoms with E-state index >= 15 is 0 Å². The molecule has 0 aliphatic heterocycles. The lowest BCUT2D eigenvalue weighted by Gasteiger charge is -2.12. The van der Waals surface area contributed by atoms with Gasteiger partial charge in [-0.1, -0.05) is 53.2 Å². The van der Waals surface area contributed by atoms with Gasteiger partial charge in [-0.2, -0.15) is 22.5 Å². The molecule has 0 saturated heterocycles. The van der Waals surface area contributed by atoms with Crippen LogP contribution in [0.3, 0.4) is 0 Å². The van der Waals surface area contributed by atoms with Crippen molar-refractivity contribution in [2.45, 2.75) is 12.8 Å². The zero-order valence-electron chi connectivity index (χ0n) is 14.4. The number of hydrogen-bond acceptors (Lipinski definition) is 5. The third-order valence-electron chi connectivity index (χ3n) is 3.72. The van der Waals surface area contributed by atoms with E-state index in [4.69, 9.17) is 16.4 Å². The van der Waals surface area contributed by atoms with Crippen LogP contribution in [0.4, 0.5) is 13.2 Å². The van der Waals surface area contributed by atoms with Gasteiger partial charge in [-0.15, -0.1) is 0 Å². The molecule has 0 unspecified atom stereocenters. The van der Waals surface area contributed by atoms with Crippen LogP contribution in [0.5, 0.6) is 0 Å². The molecule has 0 amide bonds. The third kappa shape index (κ3) is 4.06. The molecule has 3 aromatic rings. The molecule has 0 aliphatic carbocycles. The maximum Gasteiger partial charge on any atom is 0.437 e. The van der Waals surface area contributed by atoms with Crippen molar-refractivity contribution in [3.63, 3.8) is 0 Å². The molecule has 1 heterocycles. The van der Waals surface area contributed by atoms with E-state index in [1.54, 1.807) is 12.1 Å². The average Bonchev–Trinajstić information content (AvgIpc) is 2.98. The van der Waals surface area contributed by atoms with Crippen LogP contribution in [-0.4, -0.2) is 31.7 Å². The summed E-state index contributed by atoms with van der Waals surface area (Å²) in [4.78, 5) is 17.0. The average molecular weight is 412 g/mol. The Bertz CT molecular complexity index is 1060. The molecule has 0 N–H and O–H groups in total. The van der Waals surface area contributed by atoms with Crippen molar-refractivity contribution in [2.75, 3.05) is 0 Å². The lowest BCUT2D eigenvalue weighted by atomic mass is 10.1. The third-order valence-corrected chi connectivity index (χ3v) is 4.08. The summed E-state index contributed by atoms with van der Waals surface area (Å²) >= 11 is 6.14. The fraction of sp³-hybridized carbons (Fsp3) is 0.176. The fourth-order valence-corrected chi connectivity index (χ4v) is 2.60. The predicted octanol–water partition coefficient (Wildman–Crippen LogP) is 3.10. The predicted molar refractivity (Wildman–Crippen MR) is 95.4 cm³/mol. The number of oxime groups is 1. The Kier molecular flexibility index (Phi) is 5.50. The number of tetrazole rings is 1. The fourth-order valence-electron chi connectivity index (χ4n) is 2.38. The summed E-state index contributed by atoms with van der Waals surface area (Å²) in [6.45, 7) is -0.412.